The molecule has 1 nitrogen and oxygen atoms in total. The summed E-state index contributed by atoms with van der Waals surface area (Å²) in [5, 5.41) is 0. The summed E-state index contributed by atoms with van der Waals surface area (Å²) in [7, 11) is 0. The van der Waals surface area contributed by atoms with Gasteiger partial charge < -0.3 is 4.74 Å². The minimum Gasteiger partial charge on any atom is -0.370 e. The molecule has 1 heterocycles. The molecule has 1 aliphatic heterocycles. The van der Waals surface area contributed by atoms with Crippen molar-refractivity contribution in [1.29, 1.82) is 0 Å². The Hall–Kier alpha value is -0.300. The Labute approximate surface area is 63.1 Å². The summed E-state index contributed by atoms with van der Waals surface area (Å²) >= 11 is 0. The molecule has 1 unspecified atom stereocenters. The van der Waals surface area contributed by atoms with Crippen molar-refractivity contribution in [3.63, 3.8) is 0 Å². The highest BCUT2D eigenvalue weighted by atomic mass is 16.5. The van der Waals surface area contributed by atoms with Crippen molar-refractivity contribution in [2.24, 2.45) is 0 Å². The van der Waals surface area contributed by atoms with Crippen LogP contribution in [0.2, 0.25) is 0 Å². The summed E-state index contributed by atoms with van der Waals surface area (Å²) in [5.74, 6) is 0. The second kappa shape index (κ2) is 4.51. The van der Waals surface area contributed by atoms with Crippen molar-refractivity contribution < 1.29 is 4.74 Å². The predicted octanol–water partition coefficient (Wildman–Crippen LogP) is 2.52. The van der Waals surface area contributed by atoms with Gasteiger partial charge in [-0.15, -0.1) is 0 Å². The Bertz CT molecular complexity index is 107. The highest BCUT2D eigenvalue weighted by Gasteiger charge is 2.07. The van der Waals surface area contributed by atoms with Gasteiger partial charge in [-0.3, -0.25) is 0 Å². The number of hydrogen-bond donors (Lipinski definition) is 0. The molecule has 58 valence electrons. The molecule has 0 aromatic carbocycles. The lowest BCUT2D eigenvalue weighted by molar-refractivity contribution is 0.119. The van der Waals surface area contributed by atoms with Crippen molar-refractivity contribution in [2.45, 2.75) is 38.7 Å². The SMILES string of the molecule is CCCCCC1C=CCO1. The quantitative estimate of drug-likeness (QED) is 0.430. The number of hydrogen-bond acceptors (Lipinski definition) is 1. The first kappa shape index (κ1) is 7.80. The van der Waals surface area contributed by atoms with Crippen LogP contribution in [0.3, 0.4) is 0 Å². The van der Waals surface area contributed by atoms with Gasteiger partial charge in [-0.05, 0) is 6.42 Å². The fourth-order valence-electron chi connectivity index (χ4n) is 1.22. The highest BCUT2D eigenvalue weighted by molar-refractivity contribution is 4.95. The monoisotopic (exact) mass is 140 g/mol. The minimum absolute atomic E-state index is 0.437. The minimum atomic E-state index is 0.437. The van der Waals surface area contributed by atoms with Crippen LogP contribution >= 0.6 is 0 Å². The standard InChI is InChI=1S/C9H16O/c1-2-3-4-6-9-7-5-8-10-9/h5,7,9H,2-4,6,8H2,1H3. The summed E-state index contributed by atoms with van der Waals surface area (Å²) < 4.78 is 5.39. The molecule has 1 rings (SSSR count). The average molecular weight is 140 g/mol. The Kier molecular flexibility index (Phi) is 3.52. The maximum atomic E-state index is 5.39. The van der Waals surface area contributed by atoms with Gasteiger partial charge in [-0.1, -0.05) is 38.3 Å². The van der Waals surface area contributed by atoms with Crippen LogP contribution < -0.4 is 0 Å². The van der Waals surface area contributed by atoms with Crippen LogP contribution in [0.1, 0.15) is 32.6 Å². The van der Waals surface area contributed by atoms with E-state index >= 15 is 0 Å². The summed E-state index contributed by atoms with van der Waals surface area (Å²) in [6.45, 7) is 3.06. The van der Waals surface area contributed by atoms with Crippen LogP contribution in [0.4, 0.5) is 0 Å². The molecule has 1 aliphatic rings. The van der Waals surface area contributed by atoms with Gasteiger partial charge in [0, 0.05) is 0 Å². The van der Waals surface area contributed by atoms with E-state index in [0.717, 1.165) is 6.61 Å². The van der Waals surface area contributed by atoms with Crippen LogP contribution in [-0.2, 0) is 4.74 Å². The van der Waals surface area contributed by atoms with Crippen molar-refractivity contribution in [3.05, 3.63) is 12.2 Å². The van der Waals surface area contributed by atoms with E-state index in [1.54, 1.807) is 0 Å². The lowest BCUT2D eigenvalue weighted by Gasteiger charge is -2.06. The molecule has 0 bridgehead atoms. The van der Waals surface area contributed by atoms with E-state index in [4.69, 9.17) is 4.74 Å². The second-order valence-electron chi connectivity index (χ2n) is 2.80. The molecular formula is C9H16O. The zero-order valence-corrected chi connectivity index (χ0v) is 6.68. The second-order valence-corrected chi connectivity index (χ2v) is 2.80. The van der Waals surface area contributed by atoms with Crippen LogP contribution in [0.5, 0.6) is 0 Å². The van der Waals surface area contributed by atoms with Crippen molar-refractivity contribution in [3.8, 4) is 0 Å². The predicted molar refractivity (Wildman–Crippen MR) is 43.0 cm³/mol. The number of unbranched alkanes of at least 4 members (excludes halogenated alkanes) is 2. The van der Waals surface area contributed by atoms with Gasteiger partial charge in [0.2, 0.25) is 0 Å². The van der Waals surface area contributed by atoms with Crippen molar-refractivity contribution >= 4 is 0 Å². The summed E-state index contributed by atoms with van der Waals surface area (Å²) in [5.41, 5.74) is 0. The highest BCUT2D eigenvalue weighted by Crippen LogP contribution is 2.11. The smallest absolute Gasteiger partial charge is 0.0760 e. The third kappa shape index (κ3) is 2.53. The maximum absolute atomic E-state index is 5.39. The normalized spacial score (nSPS) is 23.9. The van der Waals surface area contributed by atoms with Gasteiger partial charge in [0.25, 0.3) is 0 Å². The van der Waals surface area contributed by atoms with E-state index in [1.807, 2.05) is 0 Å². The lowest BCUT2D eigenvalue weighted by atomic mass is 10.1. The Morgan fingerprint density at radius 2 is 2.40 bits per heavy atom. The molecule has 0 amide bonds. The first-order chi connectivity index (χ1) is 4.93. The molecule has 1 atom stereocenters. The Morgan fingerprint density at radius 3 is 3.00 bits per heavy atom. The molecule has 0 N–H and O–H groups in total. The third-order valence-electron chi connectivity index (χ3n) is 1.85. The van der Waals surface area contributed by atoms with Crippen molar-refractivity contribution in [1.82, 2.24) is 0 Å². The van der Waals surface area contributed by atoms with Gasteiger partial charge in [0.1, 0.15) is 0 Å². The number of rotatable bonds is 4. The van der Waals surface area contributed by atoms with Gasteiger partial charge in [-0.25, -0.2) is 0 Å². The molecule has 0 saturated carbocycles. The van der Waals surface area contributed by atoms with Crippen LogP contribution in [0.25, 0.3) is 0 Å². The first-order valence-corrected chi connectivity index (χ1v) is 4.21. The molecule has 0 aromatic heterocycles. The molecule has 0 radical (unpaired) electrons. The average Bonchev–Trinajstić information content (AvgIpc) is 2.41. The summed E-state index contributed by atoms with van der Waals surface area (Å²) in [6.07, 6.45) is 9.89. The molecule has 0 fully saturated rings. The first-order valence-electron chi connectivity index (χ1n) is 4.21. The lowest BCUT2D eigenvalue weighted by Crippen LogP contribution is -2.03. The molecule has 0 saturated heterocycles. The van der Waals surface area contributed by atoms with E-state index in [1.165, 1.54) is 25.7 Å². The van der Waals surface area contributed by atoms with Crippen molar-refractivity contribution in [2.75, 3.05) is 6.61 Å². The summed E-state index contributed by atoms with van der Waals surface area (Å²) in [6, 6.07) is 0. The molecule has 0 spiro atoms. The van der Waals surface area contributed by atoms with E-state index in [2.05, 4.69) is 19.1 Å². The largest absolute Gasteiger partial charge is 0.370 e. The van der Waals surface area contributed by atoms with Gasteiger partial charge in [0.05, 0.1) is 12.7 Å². The van der Waals surface area contributed by atoms with Gasteiger partial charge in [0.15, 0.2) is 0 Å². The van der Waals surface area contributed by atoms with E-state index in [9.17, 15) is 0 Å². The zero-order valence-electron chi connectivity index (χ0n) is 6.68. The Balaban J connectivity index is 1.97. The molecule has 1 heteroatoms. The molecule has 0 aliphatic carbocycles. The Morgan fingerprint density at radius 1 is 1.50 bits per heavy atom. The molecular weight excluding hydrogens is 124 g/mol. The van der Waals surface area contributed by atoms with E-state index < -0.39 is 0 Å². The van der Waals surface area contributed by atoms with E-state index in [0.29, 0.717) is 6.10 Å². The van der Waals surface area contributed by atoms with Crippen LogP contribution in [-0.4, -0.2) is 12.7 Å². The third-order valence-corrected chi connectivity index (χ3v) is 1.85. The van der Waals surface area contributed by atoms with E-state index in [-0.39, 0.29) is 0 Å². The topological polar surface area (TPSA) is 9.23 Å². The number of ether oxygens (including phenoxy) is 1. The van der Waals surface area contributed by atoms with Gasteiger partial charge >= 0.3 is 0 Å². The molecule has 10 heavy (non-hydrogen) atoms. The van der Waals surface area contributed by atoms with Crippen LogP contribution in [0.15, 0.2) is 12.2 Å². The van der Waals surface area contributed by atoms with Gasteiger partial charge in [-0.2, -0.15) is 0 Å². The molecule has 0 aromatic rings. The maximum Gasteiger partial charge on any atom is 0.0760 e. The fourth-order valence-corrected chi connectivity index (χ4v) is 1.22. The fraction of sp³-hybridized carbons (Fsp3) is 0.778. The zero-order chi connectivity index (χ0) is 7.23. The summed E-state index contributed by atoms with van der Waals surface area (Å²) in [4.78, 5) is 0. The van der Waals surface area contributed by atoms with Crippen LogP contribution in [0, 0.1) is 0 Å².